The van der Waals surface area contributed by atoms with Crippen LogP contribution in [0.4, 0.5) is 0 Å². The van der Waals surface area contributed by atoms with Crippen LogP contribution in [0.2, 0.25) is 0 Å². The molecule has 1 aromatic carbocycles. The van der Waals surface area contributed by atoms with Gasteiger partial charge in [0, 0.05) is 31.7 Å². The predicted octanol–water partition coefficient (Wildman–Crippen LogP) is 1.86. The molecule has 2 N–H and O–H groups in total. The Kier molecular flexibility index (Phi) is 6.10. The molecule has 0 bridgehead atoms. The minimum atomic E-state index is -0.214. The van der Waals surface area contributed by atoms with Crippen molar-refractivity contribution >= 4 is 5.91 Å². The van der Waals surface area contributed by atoms with Gasteiger partial charge in [0.15, 0.2) is 0 Å². The molecule has 5 nitrogen and oxygen atoms in total. The third-order valence-corrected chi connectivity index (χ3v) is 5.66. The van der Waals surface area contributed by atoms with Crippen LogP contribution < -0.4 is 5.32 Å². The lowest BCUT2D eigenvalue weighted by Gasteiger charge is -2.36. The highest BCUT2D eigenvalue weighted by Gasteiger charge is 2.35. The molecule has 1 amide bonds. The molecule has 2 aliphatic rings. The lowest BCUT2D eigenvalue weighted by Crippen LogP contribution is -2.49. The first-order valence-corrected chi connectivity index (χ1v) is 9.38. The van der Waals surface area contributed by atoms with Gasteiger partial charge >= 0.3 is 0 Å². The molecular weight excluding hydrogens is 316 g/mol. The second kappa shape index (κ2) is 8.30. The summed E-state index contributed by atoms with van der Waals surface area (Å²) in [5, 5.41) is 12.9. The number of ether oxygens (including phenoxy) is 1. The van der Waals surface area contributed by atoms with E-state index >= 15 is 0 Å². The molecule has 3 rings (SSSR count). The average Bonchev–Trinajstić information content (AvgIpc) is 3.09. The van der Waals surface area contributed by atoms with Crippen LogP contribution in [0.5, 0.6) is 0 Å². The van der Waals surface area contributed by atoms with Crippen molar-refractivity contribution in [3.8, 4) is 0 Å². The third kappa shape index (κ3) is 4.60. The van der Waals surface area contributed by atoms with Crippen LogP contribution in [-0.4, -0.2) is 54.9 Å². The number of aliphatic hydroxyl groups is 1. The van der Waals surface area contributed by atoms with Gasteiger partial charge < -0.3 is 15.2 Å². The van der Waals surface area contributed by atoms with Crippen molar-refractivity contribution in [3.63, 3.8) is 0 Å². The van der Waals surface area contributed by atoms with Gasteiger partial charge in [-0.1, -0.05) is 29.8 Å². The van der Waals surface area contributed by atoms with Gasteiger partial charge in [0.2, 0.25) is 5.91 Å². The largest absolute Gasteiger partial charge is 0.396 e. The van der Waals surface area contributed by atoms with Crippen molar-refractivity contribution in [1.82, 2.24) is 10.2 Å². The van der Waals surface area contributed by atoms with Crippen LogP contribution in [0.3, 0.4) is 0 Å². The van der Waals surface area contributed by atoms with Gasteiger partial charge in [-0.05, 0) is 44.7 Å². The molecule has 1 atom stereocenters. The third-order valence-electron chi connectivity index (χ3n) is 5.66. The minimum absolute atomic E-state index is 0.0592. The van der Waals surface area contributed by atoms with Crippen molar-refractivity contribution in [2.75, 3.05) is 32.9 Å². The topological polar surface area (TPSA) is 61.8 Å². The molecule has 0 aliphatic carbocycles. The summed E-state index contributed by atoms with van der Waals surface area (Å²) in [6.45, 7) is 5.86. The van der Waals surface area contributed by atoms with Crippen molar-refractivity contribution in [2.24, 2.45) is 5.41 Å². The molecule has 25 heavy (non-hydrogen) atoms. The summed E-state index contributed by atoms with van der Waals surface area (Å²) in [5.74, 6) is 0.101. The van der Waals surface area contributed by atoms with Crippen LogP contribution in [0.1, 0.15) is 36.8 Å². The molecule has 1 aromatic rings. The number of aliphatic hydroxyl groups excluding tert-OH is 1. The van der Waals surface area contributed by atoms with Crippen molar-refractivity contribution in [1.29, 1.82) is 0 Å². The van der Waals surface area contributed by atoms with E-state index in [0.29, 0.717) is 19.8 Å². The summed E-state index contributed by atoms with van der Waals surface area (Å²) in [6, 6.07) is 8.43. The molecule has 2 fully saturated rings. The van der Waals surface area contributed by atoms with E-state index in [0.717, 1.165) is 38.8 Å². The number of aryl methyl sites for hydroxylation is 1. The number of rotatable bonds is 6. The monoisotopic (exact) mass is 346 g/mol. The van der Waals surface area contributed by atoms with Gasteiger partial charge in [0.25, 0.3) is 0 Å². The van der Waals surface area contributed by atoms with E-state index in [9.17, 15) is 9.90 Å². The SMILES string of the molecule is Cc1cccc(CN2CCCC2C(=O)NCC2(CO)CCOCC2)c1. The maximum absolute atomic E-state index is 12.7. The Morgan fingerprint density at radius 3 is 2.92 bits per heavy atom. The number of hydrogen-bond acceptors (Lipinski definition) is 4. The van der Waals surface area contributed by atoms with E-state index in [1.54, 1.807) is 0 Å². The van der Waals surface area contributed by atoms with Crippen molar-refractivity contribution in [2.45, 2.75) is 45.2 Å². The van der Waals surface area contributed by atoms with Crippen molar-refractivity contribution < 1.29 is 14.6 Å². The molecule has 2 saturated heterocycles. The average molecular weight is 346 g/mol. The number of carbonyl (C=O) groups is 1. The standard InChI is InChI=1S/C20H30N2O3/c1-16-4-2-5-17(12-16)13-22-9-3-6-18(22)19(24)21-14-20(15-23)7-10-25-11-8-20/h2,4-5,12,18,23H,3,6-11,13-15H2,1H3,(H,21,24). The second-order valence-electron chi connectivity index (χ2n) is 7.61. The highest BCUT2D eigenvalue weighted by Crippen LogP contribution is 2.29. The minimum Gasteiger partial charge on any atom is -0.396 e. The Balaban J connectivity index is 1.57. The summed E-state index contributed by atoms with van der Waals surface area (Å²) in [6.07, 6.45) is 3.58. The number of hydrogen-bond donors (Lipinski definition) is 2. The van der Waals surface area contributed by atoms with Gasteiger partial charge in [-0.15, -0.1) is 0 Å². The Labute approximate surface area is 150 Å². The number of likely N-dealkylation sites (tertiary alicyclic amines) is 1. The Morgan fingerprint density at radius 1 is 1.40 bits per heavy atom. The molecule has 1 unspecified atom stereocenters. The number of amides is 1. The van der Waals surface area contributed by atoms with E-state index in [-0.39, 0.29) is 24.0 Å². The number of nitrogens with one attached hydrogen (secondary N) is 1. The maximum Gasteiger partial charge on any atom is 0.237 e. The van der Waals surface area contributed by atoms with E-state index in [4.69, 9.17) is 4.74 Å². The Morgan fingerprint density at radius 2 is 2.20 bits per heavy atom. The first-order chi connectivity index (χ1) is 12.1. The second-order valence-corrected chi connectivity index (χ2v) is 7.61. The van der Waals surface area contributed by atoms with Gasteiger partial charge in [0.05, 0.1) is 12.6 Å². The van der Waals surface area contributed by atoms with E-state index in [1.165, 1.54) is 11.1 Å². The molecular formula is C20H30N2O3. The lowest BCUT2D eigenvalue weighted by atomic mass is 9.81. The van der Waals surface area contributed by atoms with Crippen molar-refractivity contribution in [3.05, 3.63) is 35.4 Å². The maximum atomic E-state index is 12.7. The summed E-state index contributed by atoms with van der Waals surface area (Å²) in [7, 11) is 0. The fraction of sp³-hybridized carbons (Fsp3) is 0.650. The summed E-state index contributed by atoms with van der Waals surface area (Å²) in [5.41, 5.74) is 2.30. The van der Waals surface area contributed by atoms with Gasteiger partial charge in [-0.25, -0.2) is 0 Å². The van der Waals surface area contributed by atoms with Crippen LogP contribution in [0, 0.1) is 12.3 Å². The smallest absolute Gasteiger partial charge is 0.237 e. The Bertz CT molecular complexity index is 584. The molecule has 0 aromatic heterocycles. The zero-order valence-corrected chi connectivity index (χ0v) is 15.2. The molecule has 0 saturated carbocycles. The summed E-state index contributed by atoms with van der Waals surface area (Å²) >= 11 is 0. The van der Waals surface area contributed by atoms with Crippen LogP contribution in [0.25, 0.3) is 0 Å². The van der Waals surface area contributed by atoms with E-state index in [2.05, 4.69) is 41.4 Å². The first-order valence-electron chi connectivity index (χ1n) is 9.38. The number of benzene rings is 1. The molecule has 0 radical (unpaired) electrons. The normalized spacial score (nSPS) is 23.5. The fourth-order valence-electron chi connectivity index (χ4n) is 3.94. The molecule has 2 heterocycles. The molecule has 2 aliphatic heterocycles. The predicted molar refractivity (Wildman–Crippen MR) is 97.2 cm³/mol. The van der Waals surface area contributed by atoms with Gasteiger partial charge in [-0.3, -0.25) is 9.69 Å². The summed E-state index contributed by atoms with van der Waals surface area (Å²) < 4.78 is 5.39. The fourth-order valence-corrected chi connectivity index (χ4v) is 3.94. The molecule has 0 spiro atoms. The molecule has 138 valence electrons. The van der Waals surface area contributed by atoms with Gasteiger partial charge in [-0.2, -0.15) is 0 Å². The van der Waals surface area contributed by atoms with E-state index < -0.39 is 0 Å². The molecule has 5 heteroatoms. The van der Waals surface area contributed by atoms with Crippen LogP contribution >= 0.6 is 0 Å². The van der Waals surface area contributed by atoms with Crippen LogP contribution in [0.15, 0.2) is 24.3 Å². The van der Waals surface area contributed by atoms with Crippen LogP contribution in [-0.2, 0) is 16.1 Å². The number of carbonyl (C=O) groups excluding carboxylic acids is 1. The highest BCUT2D eigenvalue weighted by atomic mass is 16.5. The van der Waals surface area contributed by atoms with Gasteiger partial charge in [0.1, 0.15) is 0 Å². The highest BCUT2D eigenvalue weighted by molar-refractivity contribution is 5.82. The Hall–Kier alpha value is -1.43. The number of nitrogens with zero attached hydrogens (tertiary/aromatic N) is 1. The summed E-state index contributed by atoms with van der Waals surface area (Å²) in [4.78, 5) is 15.0. The quantitative estimate of drug-likeness (QED) is 0.825. The first kappa shape index (κ1) is 18.4. The zero-order chi connectivity index (χ0) is 17.7. The lowest BCUT2D eigenvalue weighted by molar-refractivity contribution is -0.127. The zero-order valence-electron chi connectivity index (χ0n) is 15.2. The van der Waals surface area contributed by atoms with E-state index in [1.807, 2.05) is 0 Å².